The molecule has 0 bridgehead atoms. The number of para-hydroxylation sites is 1. The Morgan fingerprint density at radius 3 is 2.09 bits per heavy atom. The summed E-state index contributed by atoms with van der Waals surface area (Å²) in [4.78, 5) is 26.3. The molecule has 1 heterocycles. The van der Waals surface area contributed by atoms with Crippen LogP contribution in [0.25, 0.3) is 0 Å². The van der Waals surface area contributed by atoms with Crippen LogP contribution in [0.4, 0.5) is 9.59 Å². The summed E-state index contributed by atoms with van der Waals surface area (Å²) >= 11 is 0. The smallest absolute Gasteiger partial charge is 0.415 e. The number of alkyl carbamates (subject to hydrolysis) is 1. The number of ether oxygens (including phenoxy) is 3. The third-order valence-electron chi connectivity index (χ3n) is 5.91. The molecule has 1 saturated carbocycles. The molecule has 0 radical (unpaired) electrons. The van der Waals surface area contributed by atoms with Crippen LogP contribution in [0.15, 0.2) is 54.6 Å². The standard InChI is InChI=1S/C25H30N2O5/c28-24(26-19-7-3-1-4-8-19)31-23-15-17-27(18-16-23)25(29)32-22-13-11-21(12-14-22)30-20-9-5-2-6-10-20/h2,5-6,9-14,19,23H,1,3-4,7-8,15-18H2,(H,26,28). The number of amides is 2. The van der Waals surface area contributed by atoms with Crippen LogP contribution < -0.4 is 14.8 Å². The van der Waals surface area contributed by atoms with Crippen LogP contribution in [0, 0.1) is 0 Å². The Kier molecular flexibility index (Phi) is 7.48. The number of hydrogen-bond donors (Lipinski definition) is 1. The Morgan fingerprint density at radius 2 is 1.41 bits per heavy atom. The van der Waals surface area contributed by atoms with Crippen molar-refractivity contribution in [1.29, 1.82) is 0 Å². The topological polar surface area (TPSA) is 77.1 Å². The van der Waals surface area contributed by atoms with Crippen LogP contribution in [0.5, 0.6) is 17.2 Å². The van der Waals surface area contributed by atoms with Crippen LogP contribution in [0.2, 0.25) is 0 Å². The van der Waals surface area contributed by atoms with Crippen LogP contribution in [0.3, 0.4) is 0 Å². The Bertz CT molecular complexity index is 873. The Balaban J connectivity index is 1.18. The van der Waals surface area contributed by atoms with E-state index in [2.05, 4.69) is 5.32 Å². The third-order valence-corrected chi connectivity index (χ3v) is 5.91. The average Bonchev–Trinajstić information content (AvgIpc) is 2.82. The lowest BCUT2D eigenvalue weighted by molar-refractivity contribution is 0.0500. The van der Waals surface area contributed by atoms with E-state index in [1.165, 1.54) is 6.42 Å². The predicted octanol–water partition coefficient (Wildman–Crippen LogP) is 5.50. The highest BCUT2D eigenvalue weighted by molar-refractivity contribution is 5.71. The first-order chi connectivity index (χ1) is 15.7. The summed E-state index contributed by atoms with van der Waals surface area (Å²) in [6, 6.07) is 16.7. The molecule has 2 fully saturated rings. The van der Waals surface area contributed by atoms with Gasteiger partial charge in [0.25, 0.3) is 0 Å². The molecular formula is C25H30N2O5. The minimum Gasteiger partial charge on any atom is -0.457 e. The number of benzene rings is 2. The number of nitrogens with zero attached hydrogens (tertiary/aromatic N) is 1. The summed E-state index contributed by atoms with van der Waals surface area (Å²) < 4.78 is 16.8. The number of carbonyl (C=O) groups excluding carboxylic acids is 2. The summed E-state index contributed by atoms with van der Waals surface area (Å²) in [5.74, 6) is 1.87. The van der Waals surface area contributed by atoms with Crippen molar-refractivity contribution in [3.63, 3.8) is 0 Å². The van der Waals surface area contributed by atoms with Gasteiger partial charge < -0.3 is 24.4 Å². The molecular weight excluding hydrogens is 408 g/mol. The lowest BCUT2D eigenvalue weighted by Crippen LogP contribution is -2.44. The Labute approximate surface area is 188 Å². The Hall–Kier alpha value is -3.22. The molecule has 1 saturated heterocycles. The van der Waals surface area contributed by atoms with Gasteiger partial charge >= 0.3 is 12.2 Å². The van der Waals surface area contributed by atoms with Crippen LogP contribution >= 0.6 is 0 Å². The highest BCUT2D eigenvalue weighted by atomic mass is 16.6. The first-order valence-corrected chi connectivity index (χ1v) is 11.4. The van der Waals surface area contributed by atoms with Gasteiger partial charge in [-0.05, 0) is 49.2 Å². The summed E-state index contributed by atoms with van der Waals surface area (Å²) in [5.41, 5.74) is 0. The normalized spacial score (nSPS) is 17.4. The zero-order valence-corrected chi connectivity index (χ0v) is 18.2. The predicted molar refractivity (Wildman–Crippen MR) is 120 cm³/mol. The molecule has 0 spiro atoms. The second-order valence-electron chi connectivity index (χ2n) is 8.33. The van der Waals surface area contributed by atoms with Gasteiger partial charge in [0.1, 0.15) is 23.4 Å². The second-order valence-corrected chi connectivity index (χ2v) is 8.33. The number of rotatable bonds is 5. The number of carbonyl (C=O) groups is 2. The lowest BCUT2D eigenvalue weighted by atomic mass is 9.96. The zero-order chi connectivity index (χ0) is 22.2. The molecule has 7 heteroatoms. The molecule has 170 valence electrons. The molecule has 32 heavy (non-hydrogen) atoms. The number of likely N-dealkylation sites (tertiary alicyclic amines) is 1. The van der Waals surface area contributed by atoms with Gasteiger partial charge in [-0.25, -0.2) is 9.59 Å². The lowest BCUT2D eigenvalue weighted by Gasteiger charge is -2.31. The third kappa shape index (κ3) is 6.39. The molecule has 2 aromatic carbocycles. The molecule has 0 unspecified atom stereocenters. The molecule has 1 N–H and O–H groups in total. The largest absolute Gasteiger partial charge is 0.457 e. The van der Waals surface area contributed by atoms with Gasteiger partial charge in [-0.1, -0.05) is 37.5 Å². The van der Waals surface area contributed by atoms with Crippen molar-refractivity contribution in [1.82, 2.24) is 10.2 Å². The van der Waals surface area contributed by atoms with E-state index in [4.69, 9.17) is 14.2 Å². The molecule has 0 atom stereocenters. The van der Waals surface area contributed by atoms with E-state index in [9.17, 15) is 9.59 Å². The Morgan fingerprint density at radius 1 is 0.781 bits per heavy atom. The minimum absolute atomic E-state index is 0.169. The molecule has 2 aromatic rings. The van der Waals surface area contributed by atoms with E-state index in [-0.39, 0.29) is 18.2 Å². The maximum Gasteiger partial charge on any atom is 0.415 e. The number of hydrogen-bond acceptors (Lipinski definition) is 5. The molecule has 4 rings (SSSR count). The van der Waals surface area contributed by atoms with Crippen LogP contribution in [0.1, 0.15) is 44.9 Å². The SMILES string of the molecule is O=C(NC1CCCCC1)OC1CCN(C(=O)Oc2ccc(Oc3ccccc3)cc2)CC1. The van der Waals surface area contributed by atoms with Gasteiger partial charge in [0, 0.05) is 32.0 Å². The average molecular weight is 439 g/mol. The fourth-order valence-electron chi connectivity index (χ4n) is 4.12. The highest BCUT2D eigenvalue weighted by Crippen LogP contribution is 2.24. The monoisotopic (exact) mass is 438 g/mol. The fourth-order valence-corrected chi connectivity index (χ4v) is 4.12. The van der Waals surface area contributed by atoms with Gasteiger partial charge in [-0.15, -0.1) is 0 Å². The van der Waals surface area contributed by atoms with E-state index in [0.717, 1.165) is 31.4 Å². The summed E-state index contributed by atoms with van der Waals surface area (Å²) in [5, 5.41) is 2.98. The fraction of sp³-hybridized carbons (Fsp3) is 0.440. The van der Waals surface area contributed by atoms with Crippen molar-refractivity contribution in [2.24, 2.45) is 0 Å². The van der Waals surface area contributed by atoms with E-state index in [1.54, 1.807) is 29.2 Å². The van der Waals surface area contributed by atoms with Crippen molar-refractivity contribution in [2.75, 3.05) is 13.1 Å². The molecule has 2 amide bonds. The van der Waals surface area contributed by atoms with Crippen molar-refractivity contribution >= 4 is 12.2 Å². The number of piperidine rings is 1. The van der Waals surface area contributed by atoms with Gasteiger partial charge in [0.2, 0.25) is 0 Å². The molecule has 7 nitrogen and oxygen atoms in total. The summed E-state index contributed by atoms with van der Waals surface area (Å²) in [7, 11) is 0. The summed E-state index contributed by atoms with van der Waals surface area (Å²) in [6.07, 6.45) is 5.93. The maximum absolute atomic E-state index is 12.5. The molecule has 0 aromatic heterocycles. The second kappa shape index (κ2) is 10.9. The quantitative estimate of drug-likeness (QED) is 0.667. The van der Waals surface area contributed by atoms with E-state index < -0.39 is 6.09 Å². The van der Waals surface area contributed by atoms with Crippen molar-refractivity contribution in [3.8, 4) is 17.2 Å². The zero-order valence-electron chi connectivity index (χ0n) is 18.2. The van der Waals surface area contributed by atoms with Crippen molar-refractivity contribution in [3.05, 3.63) is 54.6 Å². The molecule has 1 aliphatic carbocycles. The maximum atomic E-state index is 12.5. The molecule has 1 aliphatic heterocycles. The van der Waals surface area contributed by atoms with E-state index in [1.807, 2.05) is 30.3 Å². The minimum atomic E-state index is -0.396. The van der Waals surface area contributed by atoms with E-state index in [0.29, 0.717) is 37.4 Å². The van der Waals surface area contributed by atoms with E-state index >= 15 is 0 Å². The van der Waals surface area contributed by atoms with Crippen LogP contribution in [-0.4, -0.2) is 42.3 Å². The van der Waals surface area contributed by atoms with Gasteiger partial charge in [-0.3, -0.25) is 0 Å². The molecule has 2 aliphatic rings. The number of nitrogens with one attached hydrogen (secondary N) is 1. The van der Waals surface area contributed by atoms with Gasteiger partial charge in [0.05, 0.1) is 0 Å². The van der Waals surface area contributed by atoms with Crippen molar-refractivity contribution < 1.29 is 23.8 Å². The van der Waals surface area contributed by atoms with Crippen LogP contribution in [-0.2, 0) is 4.74 Å². The first kappa shape index (κ1) is 22.0. The first-order valence-electron chi connectivity index (χ1n) is 11.4. The van der Waals surface area contributed by atoms with Gasteiger partial charge in [-0.2, -0.15) is 0 Å². The van der Waals surface area contributed by atoms with Crippen molar-refractivity contribution in [2.45, 2.75) is 57.1 Å². The van der Waals surface area contributed by atoms with Gasteiger partial charge in [0.15, 0.2) is 0 Å². The summed E-state index contributed by atoms with van der Waals surface area (Å²) in [6.45, 7) is 0.991. The highest BCUT2D eigenvalue weighted by Gasteiger charge is 2.27.